The van der Waals surface area contributed by atoms with Crippen LogP contribution in [0.5, 0.6) is 0 Å². The molecular formula is C15H19FN2S. The van der Waals surface area contributed by atoms with Crippen molar-refractivity contribution < 1.29 is 4.39 Å². The van der Waals surface area contributed by atoms with Crippen molar-refractivity contribution in [1.29, 1.82) is 0 Å². The van der Waals surface area contributed by atoms with Crippen molar-refractivity contribution in [1.82, 2.24) is 4.98 Å². The molecule has 0 radical (unpaired) electrons. The lowest BCUT2D eigenvalue weighted by Gasteiger charge is -2.03. The summed E-state index contributed by atoms with van der Waals surface area (Å²) in [6.45, 7) is 4.88. The first-order valence-corrected chi connectivity index (χ1v) is 7.35. The quantitative estimate of drug-likeness (QED) is 0.909. The van der Waals surface area contributed by atoms with Crippen LogP contribution in [-0.2, 0) is 12.8 Å². The number of thiazole rings is 1. The van der Waals surface area contributed by atoms with Crippen LogP contribution in [0.3, 0.4) is 0 Å². The van der Waals surface area contributed by atoms with Crippen molar-refractivity contribution in [2.75, 3.05) is 6.54 Å². The van der Waals surface area contributed by atoms with Gasteiger partial charge < -0.3 is 5.73 Å². The molecular weight excluding hydrogens is 259 g/mol. The number of benzene rings is 1. The maximum atomic E-state index is 13.6. The zero-order valence-corrected chi connectivity index (χ0v) is 12.1. The predicted molar refractivity (Wildman–Crippen MR) is 78.2 cm³/mol. The Morgan fingerprint density at radius 1 is 1.32 bits per heavy atom. The number of nitrogens with zero attached hydrogens (tertiary/aromatic N) is 1. The molecule has 0 aliphatic carbocycles. The first-order chi connectivity index (χ1) is 9.11. The number of aromatic nitrogens is 1. The summed E-state index contributed by atoms with van der Waals surface area (Å²) in [5, 5.41) is 0.970. The van der Waals surface area contributed by atoms with Gasteiger partial charge in [-0.3, -0.25) is 0 Å². The third-order valence-electron chi connectivity index (χ3n) is 2.99. The number of rotatable bonds is 5. The highest BCUT2D eigenvalue weighted by Gasteiger charge is 2.14. The first-order valence-electron chi connectivity index (χ1n) is 6.53. The van der Waals surface area contributed by atoms with Crippen LogP contribution in [0.1, 0.15) is 40.9 Å². The molecule has 0 spiro atoms. The van der Waals surface area contributed by atoms with Crippen LogP contribution in [0, 0.1) is 5.82 Å². The smallest absolute Gasteiger partial charge is 0.126 e. The van der Waals surface area contributed by atoms with Gasteiger partial charge in [-0.25, -0.2) is 9.37 Å². The third-order valence-corrected chi connectivity index (χ3v) is 4.12. The Hall–Kier alpha value is -1.26. The highest BCUT2D eigenvalue weighted by atomic mass is 32.1. The van der Waals surface area contributed by atoms with Gasteiger partial charge in [0.25, 0.3) is 0 Å². The van der Waals surface area contributed by atoms with E-state index in [-0.39, 0.29) is 5.82 Å². The van der Waals surface area contributed by atoms with Gasteiger partial charge in [-0.1, -0.05) is 32.0 Å². The minimum Gasteiger partial charge on any atom is -0.330 e. The van der Waals surface area contributed by atoms with Crippen molar-refractivity contribution in [2.24, 2.45) is 5.73 Å². The van der Waals surface area contributed by atoms with Crippen LogP contribution in [0.4, 0.5) is 4.39 Å². The second-order valence-corrected chi connectivity index (χ2v) is 6.05. The molecule has 0 fully saturated rings. The summed E-state index contributed by atoms with van der Waals surface area (Å²) in [6, 6.07) is 6.87. The number of nitrogens with two attached hydrogens (primary N) is 1. The van der Waals surface area contributed by atoms with Gasteiger partial charge >= 0.3 is 0 Å². The van der Waals surface area contributed by atoms with Gasteiger partial charge in [0.05, 0.1) is 10.7 Å². The Morgan fingerprint density at radius 3 is 2.68 bits per heavy atom. The first kappa shape index (κ1) is 14.2. The third kappa shape index (κ3) is 3.39. The van der Waals surface area contributed by atoms with E-state index in [2.05, 4.69) is 18.8 Å². The van der Waals surface area contributed by atoms with E-state index >= 15 is 0 Å². The zero-order valence-electron chi connectivity index (χ0n) is 11.3. The fraction of sp³-hybridized carbons (Fsp3) is 0.400. The van der Waals surface area contributed by atoms with Crippen molar-refractivity contribution in [3.05, 3.63) is 51.2 Å². The van der Waals surface area contributed by atoms with Gasteiger partial charge in [-0.05, 0) is 30.5 Å². The summed E-state index contributed by atoms with van der Waals surface area (Å²) >= 11 is 1.66. The van der Waals surface area contributed by atoms with Gasteiger partial charge in [0.1, 0.15) is 5.82 Å². The lowest BCUT2D eigenvalue weighted by molar-refractivity contribution is 0.613. The Kier molecular flexibility index (Phi) is 4.66. The van der Waals surface area contributed by atoms with E-state index < -0.39 is 0 Å². The lowest BCUT2D eigenvalue weighted by Crippen LogP contribution is -2.04. The minimum absolute atomic E-state index is 0.163. The second-order valence-electron chi connectivity index (χ2n) is 4.88. The molecule has 102 valence electrons. The molecule has 1 aromatic carbocycles. The highest BCUT2D eigenvalue weighted by Crippen LogP contribution is 2.27. The van der Waals surface area contributed by atoms with E-state index in [0.717, 1.165) is 17.1 Å². The van der Waals surface area contributed by atoms with Crippen molar-refractivity contribution >= 4 is 11.3 Å². The highest BCUT2D eigenvalue weighted by molar-refractivity contribution is 7.11. The summed E-state index contributed by atoms with van der Waals surface area (Å²) in [6.07, 6.45) is 1.41. The fourth-order valence-corrected chi connectivity index (χ4v) is 3.32. The molecule has 0 aliphatic rings. The molecule has 4 heteroatoms. The van der Waals surface area contributed by atoms with Gasteiger partial charge in [-0.2, -0.15) is 0 Å². The molecule has 2 nitrogen and oxygen atoms in total. The molecule has 1 aromatic heterocycles. The Labute approximate surface area is 117 Å². The Bertz CT molecular complexity index is 549. The van der Waals surface area contributed by atoms with E-state index in [9.17, 15) is 4.39 Å². The molecule has 0 bridgehead atoms. The number of hydrogen-bond donors (Lipinski definition) is 1. The van der Waals surface area contributed by atoms with E-state index in [0.29, 0.717) is 24.4 Å². The topological polar surface area (TPSA) is 38.9 Å². The largest absolute Gasteiger partial charge is 0.330 e. The summed E-state index contributed by atoms with van der Waals surface area (Å²) in [5.41, 5.74) is 7.45. The van der Waals surface area contributed by atoms with Crippen LogP contribution in [-0.4, -0.2) is 11.5 Å². The maximum Gasteiger partial charge on any atom is 0.126 e. The van der Waals surface area contributed by atoms with Crippen LogP contribution in [0.15, 0.2) is 24.3 Å². The van der Waals surface area contributed by atoms with Crippen molar-refractivity contribution in [2.45, 2.75) is 32.6 Å². The van der Waals surface area contributed by atoms with Crippen LogP contribution >= 0.6 is 11.3 Å². The zero-order chi connectivity index (χ0) is 13.8. The molecule has 0 aliphatic heterocycles. The average Bonchev–Trinajstić information content (AvgIpc) is 2.76. The lowest BCUT2D eigenvalue weighted by atomic mass is 10.1. The summed E-state index contributed by atoms with van der Waals surface area (Å²) in [4.78, 5) is 5.90. The number of hydrogen-bond acceptors (Lipinski definition) is 3. The molecule has 1 heterocycles. The normalized spacial score (nSPS) is 11.2. The monoisotopic (exact) mass is 278 g/mol. The van der Waals surface area contributed by atoms with Gasteiger partial charge in [0, 0.05) is 11.3 Å². The molecule has 0 saturated heterocycles. The maximum absolute atomic E-state index is 13.6. The van der Waals surface area contributed by atoms with Gasteiger partial charge in [-0.15, -0.1) is 11.3 Å². The molecule has 0 unspecified atom stereocenters. The Balaban J connectivity index is 2.26. The standard InChI is InChI=1S/C15H19FN2S/c1-10(2)15-13(7-8-17)19-14(18-15)9-11-5-3-4-6-12(11)16/h3-6,10H,7-9,17H2,1-2H3. The van der Waals surface area contributed by atoms with Crippen molar-refractivity contribution in [3.63, 3.8) is 0 Å². The molecule has 2 N–H and O–H groups in total. The van der Waals surface area contributed by atoms with Gasteiger partial charge in [0.2, 0.25) is 0 Å². The summed E-state index contributed by atoms with van der Waals surface area (Å²) < 4.78 is 13.6. The molecule has 0 atom stereocenters. The average molecular weight is 278 g/mol. The van der Waals surface area contributed by atoms with Crippen LogP contribution < -0.4 is 5.73 Å². The van der Waals surface area contributed by atoms with Crippen LogP contribution in [0.2, 0.25) is 0 Å². The SMILES string of the molecule is CC(C)c1nc(Cc2ccccc2F)sc1CCN. The molecule has 19 heavy (non-hydrogen) atoms. The second kappa shape index (κ2) is 6.26. The van der Waals surface area contributed by atoms with E-state index in [4.69, 9.17) is 5.73 Å². The van der Waals surface area contributed by atoms with E-state index in [1.165, 1.54) is 10.9 Å². The summed E-state index contributed by atoms with van der Waals surface area (Å²) in [5.74, 6) is 0.219. The minimum atomic E-state index is -0.163. The molecule has 2 aromatic rings. The molecule has 0 amide bonds. The van der Waals surface area contributed by atoms with Gasteiger partial charge in [0.15, 0.2) is 0 Å². The fourth-order valence-electron chi connectivity index (χ4n) is 2.06. The van der Waals surface area contributed by atoms with E-state index in [1.54, 1.807) is 17.4 Å². The number of halogens is 1. The van der Waals surface area contributed by atoms with Crippen LogP contribution in [0.25, 0.3) is 0 Å². The Morgan fingerprint density at radius 2 is 2.05 bits per heavy atom. The predicted octanol–water partition coefficient (Wildman–Crippen LogP) is 3.50. The molecule has 2 rings (SSSR count). The molecule has 0 saturated carbocycles. The van der Waals surface area contributed by atoms with Crippen molar-refractivity contribution in [3.8, 4) is 0 Å². The summed E-state index contributed by atoms with van der Waals surface area (Å²) in [7, 11) is 0. The van der Waals surface area contributed by atoms with E-state index in [1.807, 2.05) is 12.1 Å².